The van der Waals surface area contributed by atoms with Crippen molar-refractivity contribution in [2.24, 2.45) is 5.92 Å². The number of carbonyl (C=O) groups is 2. The van der Waals surface area contributed by atoms with Crippen LogP contribution in [0.2, 0.25) is 0 Å². The van der Waals surface area contributed by atoms with E-state index in [1.165, 1.54) is 25.9 Å². The third-order valence-corrected chi connectivity index (χ3v) is 4.55. The fourth-order valence-electron chi connectivity index (χ4n) is 3.23. The fourth-order valence-corrected chi connectivity index (χ4v) is 3.23. The number of hydrogen-bond acceptors (Lipinski definition) is 3. The standard InChI is InChI=1S/C15H27N3O3/c19-14(20)12-4-6-13(7-5-12)17-15(21)16-8-3-11-18-9-1-2-10-18/h12-13H,1-11H2,(H,19,20)(H2,16,17,21). The van der Waals surface area contributed by atoms with E-state index < -0.39 is 5.97 Å². The summed E-state index contributed by atoms with van der Waals surface area (Å²) in [6.07, 6.45) is 6.43. The molecule has 3 N–H and O–H groups in total. The zero-order valence-electron chi connectivity index (χ0n) is 12.6. The van der Waals surface area contributed by atoms with Gasteiger partial charge in [-0.15, -0.1) is 0 Å². The van der Waals surface area contributed by atoms with Gasteiger partial charge in [0.05, 0.1) is 5.92 Å². The second-order valence-corrected chi connectivity index (χ2v) is 6.19. The van der Waals surface area contributed by atoms with Crippen LogP contribution in [0.25, 0.3) is 0 Å². The first-order chi connectivity index (χ1) is 10.1. The number of nitrogens with zero attached hydrogens (tertiary/aromatic N) is 1. The predicted molar refractivity (Wildman–Crippen MR) is 80.2 cm³/mol. The largest absolute Gasteiger partial charge is 0.481 e. The van der Waals surface area contributed by atoms with Gasteiger partial charge in [0.25, 0.3) is 0 Å². The van der Waals surface area contributed by atoms with Crippen molar-refractivity contribution >= 4 is 12.0 Å². The molecule has 2 aliphatic rings. The van der Waals surface area contributed by atoms with Gasteiger partial charge in [0.15, 0.2) is 0 Å². The number of carbonyl (C=O) groups excluding carboxylic acids is 1. The summed E-state index contributed by atoms with van der Waals surface area (Å²) in [6, 6.07) is 0.00868. The lowest BCUT2D eigenvalue weighted by atomic mass is 9.86. The molecule has 2 rings (SSSR count). The minimum absolute atomic E-state index is 0.116. The lowest BCUT2D eigenvalue weighted by molar-refractivity contribution is -0.142. The smallest absolute Gasteiger partial charge is 0.315 e. The van der Waals surface area contributed by atoms with E-state index in [0.29, 0.717) is 19.4 Å². The van der Waals surface area contributed by atoms with Crippen LogP contribution in [-0.2, 0) is 4.79 Å². The summed E-state index contributed by atoms with van der Waals surface area (Å²) in [5.74, 6) is -0.939. The van der Waals surface area contributed by atoms with Crippen LogP contribution in [0, 0.1) is 5.92 Å². The Bertz CT molecular complexity index is 348. The van der Waals surface area contributed by atoms with Crippen molar-refractivity contribution in [3.8, 4) is 0 Å². The Hall–Kier alpha value is -1.30. The van der Waals surface area contributed by atoms with Crippen LogP contribution >= 0.6 is 0 Å². The molecule has 1 saturated carbocycles. The molecular formula is C15H27N3O3. The summed E-state index contributed by atoms with van der Waals surface area (Å²) in [5, 5.41) is 14.8. The number of hydrogen-bond donors (Lipinski definition) is 3. The van der Waals surface area contributed by atoms with Crippen molar-refractivity contribution in [2.45, 2.75) is 51.0 Å². The molecule has 1 aliphatic heterocycles. The Morgan fingerprint density at radius 3 is 2.38 bits per heavy atom. The maximum atomic E-state index is 11.8. The zero-order valence-corrected chi connectivity index (χ0v) is 12.6. The quantitative estimate of drug-likeness (QED) is 0.648. The Morgan fingerprint density at radius 2 is 1.76 bits per heavy atom. The van der Waals surface area contributed by atoms with E-state index in [9.17, 15) is 9.59 Å². The number of urea groups is 1. The normalized spacial score (nSPS) is 26.5. The highest BCUT2D eigenvalue weighted by Crippen LogP contribution is 2.24. The number of carboxylic acids is 1. The summed E-state index contributed by atoms with van der Waals surface area (Å²) >= 11 is 0. The molecule has 120 valence electrons. The highest BCUT2D eigenvalue weighted by molar-refractivity contribution is 5.74. The average molecular weight is 297 g/mol. The van der Waals surface area contributed by atoms with E-state index in [1.54, 1.807) is 0 Å². The molecule has 0 unspecified atom stereocenters. The van der Waals surface area contributed by atoms with Gasteiger partial charge >= 0.3 is 12.0 Å². The SMILES string of the molecule is O=C(NCCCN1CCCC1)NC1CCC(C(=O)O)CC1. The van der Waals surface area contributed by atoms with Crippen molar-refractivity contribution in [1.29, 1.82) is 0 Å². The molecular weight excluding hydrogens is 270 g/mol. The molecule has 0 spiro atoms. The van der Waals surface area contributed by atoms with E-state index >= 15 is 0 Å². The van der Waals surface area contributed by atoms with Gasteiger partial charge < -0.3 is 20.6 Å². The molecule has 0 radical (unpaired) electrons. The van der Waals surface area contributed by atoms with Crippen LogP contribution < -0.4 is 10.6 Å². The topological polar surface area (TPSA) is 81.7 Å². The first kappa shape index (κ1) is 16.1. The van der Waals surface area contributed by atoms with Crippen molar-refractivity contribution in [2.75, 3.05) is 26.2 Å². The van der Waals surface area contributed by atoms with E-state index in [1.807, 2.05) is 0 Å². The van der Waals surface area contributed by atoms with Crippen LogP contribution in [0.4, 0.5) is 4.79 Å². The van der Waals surface area contributed by atoms with Gasteiger partial charge in [0.2, 0.25) is 0 Å². The first-order valence-corrected chi connectivity index (χ1v) is 8.14. The molecule has 1 aliphatic carbocycles. The monoisotopic (exact) mass is 297 g/mol. The van der Waals surface area contributed by atoms with Gasteiger partial charge in [-0.1, -0.05) is 0 Å². The summed E-state index contributed by atoms with van der Waals surface area (Å²) in [5.41, 5.74) is 0. The van der Waals surface area contributed by atoms with Crippen LogP contribution in [0.15, 0.2) is 0 Å². The summed E-state index contributed by atoms with van der Waals surface area (Å²) in [4.78, 5) is 25.1. The lowest BCUT2D eigenvalue weighted by Crippen LogP contribution is -2.44. The van der Waals surface area contributed by atoms with Crippen molar-refractivity contribution < 1.29 is 14.7 Å². The van der Waals surface area contributed by atoms with Crippen LogP contribution in [0.3, 0.4) is 0 Å². The zero-order chi connectivity index (χ0) is 15.1. The Labute approximate surface area is 126 Å². The highest BCUT2D eigenvalue weighted by atomic mass is 16.4. The minimum Gasteiger partial charge on any atom is -0.481 e. The number of aliphatic carboxylic acids is 1. The molecule has 6 heteroatoms. The summed E-state index contributed by atoms with van der Waals surface area (Å²) in [7, 11) is 0. The van der Waals surface area contributed by atoms with Crippen LogP contribution in [0.1, 0.15) is 44.9 Å². The summed E-state index contributed by atoms with van der Waals surface area (Å²) < 4.78 is 0. The second-order valence-electron chi connectivity index (χ2n) is 6.19. The van der Waals surface area contributed by atoms with Crippen molar-refractivity contribution in [3.63, 3.8) is 0 Å². The molecule has 0 aromatic rings. The molecule has 1 heterocycles. The second kappa shape index (κ2) is 8.22. The Morgan fingerprint density at radius 1 is 1.10 bits per heavy atom. The summed E-state index contributed by atoms with van der Waals surface area (Å²) in [6.45, 7) is 4.15. The third kappa shape index (κ3) is 5.53. The van der Waals surface area contributed by atoms with Gasteiger partial charge in [-0.25, -0.2) is 4.79 Å². The molecule has 6 nitrogen and oxygen atoms in total. The number of amides is 2. The van der Waals surface area contributed by atoms with E-state index in [-0.39, 0.29) is 18.0 Å². The fraction of sp³-hybridized carbons (Fsp3) is 0.867. The molecule has 2 amide bonds. The lowest BCUT2D eigenvalue weighted by Gasteiger charge is -2.26. The third-order valence-electron chi connectivity index (χ3n) is 4.55. The van der Waals surface area contributed by atoms with E-state index in [2.05, 4.69) is 15.5 Å². The molecule has 0 aromatic heterocycles. The van der Waals surface area contributed by atoms with Gasteiger partial charge in [0, 0.05) is 12.6 Å². The number of rotatable bonds is 6. The van der Waals surface area contributed by atoms with Gasteiger partial charge in [0.1, 0.15) is 0 Å². The van der Waals surface area contributed by atoms with E-state index in [4.69, 9.17) is 5.11 Å². The van der Waals surface area contributed by atoms with Crippen LogP contribution in [-0.4, -0.2) is 54.2 Å². The van der Waals surface area contributed by atoms with Crippen molar-refractivity contribution in [3.05, 3.63) is 0 Å². The van der Waals surface area contributed by atoms with Gasteiger partial charge in [-0.2, -0.15) is 0 Å². The average Bonchev–Trinajstić information content (AvgIpc) is 2.97. The number of carboxylic acid groups (broad SMARTS) is 1. The molecule has 0 bridgehead atoms. The Kier molecular flexibility index (Phi) is 6.29. The number of nitrogens with one attached hydrogen (secondary N) is 2. The van der Waals surface area contributed by atoms with E-state index in [0.717, 1.165) is 25.8 Å². The molecule has 21 heavy (non-hydrogen) atoms. The highest BCUT2D eigenvalue weighted by Gasteiger charge is 2.26. The number of likely N-dealkylation sites (tertiary alicyclic amines) is 1. The molecule has 2 fully saturated rings. The predicted octanol–water partition coefficient (Wildman–Crippen LogP) is 1.41. The molecule has 0 atom stereocenters. The Balaban J connectivity index is 1.52. The van der Waals surface area contributed by atoms with Gasteiger partial charge in [-0.05, 0) is 64.6 Å². The van der Waals surface area contributed by atoms with Crippen LogP contribution in [0.5, 0.6) is 0 Å². The molecule has 0 aromatic carbocycles. The molecule has 1 saturated heterocycles. The maximum Gasteiger partial charge on any atom is 0.315 e. The van der Waals surface area contributed by atoms with Crippen molar-refractivity contribution in [1.82, 2.24) is 15.5 Å². The first-order valence-electron chi connectivity index (χ1n) is 8.14. The van der Waals surface area contributed by atoms with Gasteiger partial charge in [-0.3, -0.25) is 4.79 Å². The maximum absolute atomic E-state index is 11.8. The minimum atomic E-state index is -0.709.